The minimum atomic E-state index is -4.76. The normalized spacial score (nSPS) is 14.8. The number of H-pyrrole nitrogens is 1. The Morgan fingerprint density at radius 3 is 2.59 bits per heavy atom. The van der Waals surface area contributed by atoms with Crippen molar-refractivity contribution in [3.05, 3.63) is 98.3 Å². The lowest BCUT2D eigenvalue weighted by Gasteiger charge is -2.22. The lowest BCUT2D eigenvalue weighted by atomic mass is 10.1. The second-order valence-electron chi connectivity index (χ2n) is 7.65. The molecule has 0 bridgehead atoms. The molecule has 1 aromatic heterocycles. The summed E-state index contributed by atoms with van der Waals surface area (Å²) in [5, 5.41) is 12.2. The first-order valence-corrected chi connectivity index (χ1v) is 10.1. The fourth-order valence-electron chi connectivity index (χ4n) is 3.71. The van der Waals surface area contributed by atoms with Crippen LogP contribution in [-0.4, -0.2) is 27.2 Å². The molecule has 0 spiro atoms. The van der Waals surface area contributed by atoms with Crippen molar-refractivity contribution in [2.75, 3.05) is 11.4 Å². The molecule has 176 valence electrons. The lowest BCUT2D eigenvalue weighted by molar-refractivity contribution is -0.138. The maximum atomic E-state index is 13.9. The van der Waals surface area contributed by atoms with E-state index in [4.69, 9.17) is 5.11 Å². The van der Waals surface area contributed by atoms with E-state index in [1.807, 2.05) is 30.3 Å². The number of carbonyl (C=O) groups is 1. The number of carboxylic acid groups (broad SMARTS) is 1. The van der Waals surface area contributed by atoms with E-state index >= 15 is 0 Å². The van der Waals surface area contributed by atoms with Crippen molar-refractivity contribution in [2.45, 2.75) is 19.3 Å². The van der Waals surface area contributed by atoms with E-state index in [2.05, 4.69) is 10.3 Å². The van der Waals surface area contributed by atoms with Crippen LogP contribution in [0, 0.1) is 0 Å². The number of carboxylic acids is 1. The van der Waals surface area contributed by atoms with E-state index in [-0.39, 0.29) is 23.3 Å². The third-order valence-corrected chi connectivity index (χ3v) is 5.26. The third kappa shape index (κ3) is 4.72. The zero-order chi connectivity index (χ0) is 24.5. The molecule has 3 N–H and O–H groups in total. The predicted octanol–water partition coefficient (Wildman–Crippen LogP) is 2.80. The number of hydrogen-bond acceptors (Lipinski definition) is 5. The molecule has 2 heterocycles. The van der Waals surface area contributed by atoms with Gasteiger partial charge in [-0.25, -0.2) is 0 Å². The van der Waals surface area contributed by atoms with Crippen LogP contribution in [-0.2, 0) is 24.1 Å². The molecule has 0 unspecified atom stereocenters. The summed E-state index contributed by atoms with van der Waals surface area (Å²) in [7, 11) is 0. The number of hydrogen-bond donors (Lipinski definition) is 3. The van der Waals surface area contributed by atoms with Crippen molar-refractivity contribution in [3.63, 3.8) is 0 Å². The smallest absolute Gasteiger partial charge is 0.418 e. The fraction of sp³-hybridized carbons (Fsp3) is 0.174. The summed E-state index contributed by atoms with van der Waals surface area (Å²) >= 11 is 0. The van der Waals surface area contributed by atoms with Crippen molar-refractivity contribution in [2.24, 2.45) is 0 Å². The van der Waals surface area contributed by atoms with Crippen LogP contribution in [0.4, 0.5) is 18.9 Å². The molecular weight excluding hydrogens is 453 g/mol. The first-order valence-electron chi connectivity index (χ1n) is 10.1. The standard InChI is InChI=1S/C23H19F3N4O4/c24-23(25,26)16-8-17-19(30(13-20(31)32)22(34)21(33)28-17)9-18(16)29-7-6-15(12-29)11-27-10-14-4-2-1-3-5-14/h1-9,11,27H,10,12-13H2,(H,28,33)(H,31,32). The zero-order valence-corrected chi connectivity index (χ0v) is 17.6. The average molecular weight is 472 g/mol. The van der Waals surface area contributed by atoms with Gasteiger partial charge >= 0.3 is 23.3 Å². The van der Waals surface area contributed by atoms with Crippen molar-refractivity contribution in [1.82, 2.24) is 14.9 Å². The summed E-state index contributed by atoms with van der Waals surface area (Å²) in [6.07, 6.45) is 0.0625. The highest BCUT2D eigenvalue weighted by atomic mass is 19.4. The van der Waals surface area contributed by atoms with E-state index < -0.39 is 35.4 Å². The number of anilines is 1. The van der Waals surface area contributed by atoms with Crippen molar-refractivity contribution >= 4 is 22.7 Å². The van der Waals surface area contributed by atoms with Gasteiger partial charge in [0, 0.05) is 25.5 Å². The quantitative estimate of drug-likeness (QED) is 0.477. The molecule has 11 heteroatoms. The minimum absolute atomic E-state index is 0.114. The maximum Gasteiger partial charge on any atom is 0.418 e. The number of nitrogens with one attached hydrogen (secondary N) is 2. The monoisotopic (exact) mass is 472 g/mol. The molecule has 0 aliphatic carbocycles. The van der Waals surface area contributed by atoms with Gasteiger partial charge in [-0.3, -0.25) is 19.0 Å². The van der Waals surface area contributed by atoms with Crippen molar-refractivity contribution < 1.29 is 23.1 Å². The Labute approximate surface area is 190 Å². The molecule has 2 aromatic carbocycles. The molecule has 1 aliphatic heterocycles. The van der Waals surface area contributed by atoms with Gasteiger partial charge in [0.2, 0.25) is 0 Å². The van der Waals surface area contributed by atoms with Crippen LogP contribution < -0.4 is 21.3 Å². The van der Waals surface area contributed by atoms with Gasteiger partial charge in [0.05, 0.1) is 22.3 Å². The minimum Gasteiger partial charge on any atom is -0.480 e. The highest BCUT2D eigenvalue weighted by Crippen LogP contribution is 2.39. The zero-order valence-electron chi connectivity index (χ0n) is 17.6. The van der Waals surface area contributed by atoms with Crippen LogP contribution in [0.5, 0.6) is 0 Å². The fourth-order valence-corrected chi connectivity index (χ4v) is 3.71. The molecule has 0 saturated heterocycles. The van der Waals surface area contributed by atoms with Gasteiger partial charge in [-0.05, 0) is 29.3 Å². The van der Waals surface area contributed by atoms with Gasteiger partial charge in [0.1, 0.15) is 6.54 Å². The summed E-state index contributed by atoms with van der Waals surface area (Å²) in [6.45, 7) is -0.214. The Balaban J connectivity index is 1.71. The number of alkyl halides is 3. The van der Waals surface area contributed by atoms with Crippen molar-refractivity contribution in [3.8, 4) is 0 Å². The number of benzene rings is 2. The van der Waals surface area contributed by atoms with Crippen LogP contribution in [0.3, 0.4) is 0 Å². The van der Waals surface area contributed by atoms with E-state index in [0.717, 1.165) is 11.6 Å². The van der Waals surface area contributed by atoms with Gasteiger partial charge < -0.3 is 20.3 Å². The van der Waals surface area contributed by atoms with Gasteiger partial charge in [-0.1, -0.05) is 30.3 Å². The molecule has 4 rings (SSSR count). The van der Waals surface area contributed by atoms with Crippen molar-refractivity contribution in [1.29, 1.82) is 0 Å². The number of fused-ring (bicyclic) bond motifs is 1. The first kappa shape index (κ1) is 22.9. The van der Waals surface area contributed by atoms with Crippen LogP contribution in [0.1, 0.15) is 11.1 Å². The Kier molecular flexibility index (Phi) is 6.01. The molecule has 34 heavy (non-hydrogen) atoms. The Bertz CT molecular complexity index is 1420. The van der Waals surface area contributed by atoms with Crippen LogP contribution >= 0.6 is 0 Å². The topological polar surface area (TPSA) is 107 Å². The summed E-state index contributed by atoms with van der Waals surface area (Å²) in [5.74, 6) is -1.41. The number of aromatic nitrogens is 2. The summed E-state index contributed by atoms with van der Waals surface area (Å²) in [6, 6.07) is 11.4. The van der Waals surface area contributed by atoms with E-state index in [1.54, 1.807) is 12.3 Å². The van der Waals surface area contributed by atoms with Gasteiger partial charge in [-0.15, -0.1) is 0 Å². The molecule has 0 saturated carbocycles. The molecule has 0 atom stereocenters. The van der Waals surface area contributed by atoms with Gasteiger partial charge in [-0.2, -0.15) is 13.2 Å². The second-order valence-corrected chi connectivity index (χ2v) is 7.65. The summed E-state index contributed by atoms with van der Waals surface area (Å²) < 4.78 is 42.3. The van der Waals surface area contributed by atoms with E-state index in [9.17, 15) is 27.6 Å². The number of halogens is 3. The number of rotatable bonds is 6. The van der Waals surface area contributed by atoms with Gasteiger partial charge in [0.15, 0.2) is 0 Å². The van der Waals surface area contributed by atoms with Gasteiger partial charge in [0.25, 0.3) is 0 Å². The Hall–Kier alpha value is -4.28. The molecule has 0 amide bonds. The highest BCUT2D eigenvalue weighted by molar-refractivity contribution is 5.84. The number of aliphatic carboxylic acids is 1. The molecule has 0 radical (unpaired) electrons. The molecule has 1 aliphatic rings. The van der Waals surface area contributed by atoms with Crippen LogP contribution in [0.25, 0.3) is 11.0 Å². The second kappa shape index (κ2) is 8.93. The lowest BCUT2D eigenvalue weighted by Crippen LogP contribution is -2.38. The summed E-state index contributed by atoms with van der Waals surface area (Å²) in [5.41, 5.74) is -2.32. The predicted molar refractivity (Wildman–Crippen MR) is 119 cm³/mol. The first-order chi connectivity index (χ1) is 16.1. The molecule has 0 fully saturated rings. The van der Waals surface area contributed by atoms with Crippen LogP contribution in [0.15, 0.2) is 76.1 Å². The number of nitrogens with zero attached hydrogens (tertiary/aromatic N) is 2. The average Bonchev–Trinajstić information content (AvgIpc) is 3.25. The molecule has 3 aromatic rings. The molecule has 8 nitrogen and oxygen atoms in total. The summed E-state index contributed by atoms with van der Waals surface area (Å²) in [4.78, 5) is 38.8. The molecular formula is C23H19F3N4O4. The Morgan fingerprint density at radius 1 is 1.18 bits per heavy atom. The Morgan fingerprint density at radius 2 is 1.91 bits per heavy atom. The number of aromatic amines is 1. The maximum absolute atomic E-state index is 13.9. The van der Waals surface area contributed by atoms with E-state index in [1.165, 1.54) is 11.1 Å². The van der Waals surface area contributed by atoms with E-state index in [0.29, 0.717) is 22.8 Å². The largest absolute Gasteiger partial charge is 0.480 e. The highest BCUT2D eigenvalue weighted by Gasteiger charge is 2.36. The van der Waals surface area contributed by atoms with Crippen LogP contribution in [0.2, 0.25) is 0 Å². The SMILES string of the molecule is O=C(O)Cn1c(=O)c(=O)[nH]c2cc(C(F)(F)F)c(N3C=CC(=CNCc4ccccc4)C3)cc21. The third-order valence-electron chi connectivity index (χ3n) is 5.26.